The van der Waals surface area contributed by atoms with Gasteiger partial charge in [0.2, 0.25) is 0 Å². The Morgan fingerprint density at radius 3 is 0.485 bits per heavy atom. The van der Waals surface area contributed by atoms with Crippen molar-refractivity contribution in [3.8, 4) is 0 Å². The summed E-state index contributed by atoms with van der Waals surface area (Å²) < 4.78 is 160. The van der Waals surface area contributed by atoms with Crippen molar-refractivity contribution in [1.29, 1.82) is 0 Å². The van der Waals surface area contributed by atoms with Crippen LogP contribution >= 0.6 is 33.0 Å². The molecule has 0 aromatic heterocycles. The van der Waals surface area contributed by atoms with Gasteiger partial charge in [-0.25, -0.2) is 33.7 Å². The van der Waals surface area contributed by atoms with Gasteiger partial charge in [-0.1, -0.05) is 0 Å². The van der Waals surface area contributed by atoms with Crippen LogP contribution in [-0.4, -0.2) is 51.9 Å². The van der Waals surface area contributed by atoms with E-state index in [1.807, 2.05) is 0 Å². The summed E-state index contributed by atoms with van der Waals surface area (Å²) in [6, 6.07) is 0. The van der Waals surface area contributed by atoms with Gasteiger partial charge < -0.3 is 37.8 Å². The second kappa shape index (κ2) is 19.6. The Morgan fingerprint density at radius 1 is 0.394 bits per heavy atom. The van der Waals surface area contributed by atoms with Crippen LogP contribution in [0.5, 0.6) is 0 Å². The van der Waals surface area contributed by atoms with Crippen molar-refractivity contribution >= 4 is 74.6 Å². The molecule has 0 saturated heterocycles. The van der Waals surface area contributed by atoms with Crippen LogP contribution in [0.25, 0.3) is 0 Å². The van der Waals surface area contributed by atoms with Crippen LogP contribution in [0.2, 0.25) is 0 Å². The molecule has 0 aliphatic rings. The van der Waals surface area contributed by atoms with Gasteiger partial charge in [-0.2, -0.15) is 0 Å². The second-order valence-corrected chi connectivity index (χ2v) is 10.3. The molecule has 194 valence electrons. The van der Waals surface area contributed by atoms with Crippen molar-refractivity contribution in [2.45, 2.75) is 0 Å². The first-order chi connectivity index (χ1) is 13.7. The molecule has 0 aromatic rings. The minimum Gasteiger partial charge on any atom is -0.722 e. The molecule has 33 heavy (non-hydrogen) atoms. The minimum atomic E-state index is -5.07. The minimum absolute atomic E-state index is 0. The topological polar surface area (TPSA) is 426 Å². The van der Waals surface area contributed by atoms with Crippen LogP contribution < -0.4 is 19.6 Å². The van der Waals surface area contributed by atoms with Crippen molar-refractivity contribution in [3.05, 3.63) is 0 Å². The first-order valence-electron chi connectivity index (χ1n) is 4.86. The molecular formula is MoO24P4S4. The molecule has 0 aliphatic carbocycles. The van der Waals surface area contributed by atoms with Crippen molar-refractivity contribution in [1.82, 2.24) is 0 Å². The van der Waals surface area contributed by atoms with Gasteiger partial charge in [0.15, 0.2) is 0 Å². The van der Waals surface area contributed by atoms with Crippen LogP contribution in [-0.2, 0) is 96.8 Å². The Bertz CT molecular complexity index is 881. The number of hydrogen-bond donors (Lipinski definition) is 0. The third kappa shape index (κ3) is 71.9. The van der Waals surface area contributed by atoms with E-state index >= 15 is 0 Å². The Balaban J connectivity index is -0.000000105. The molecule has 4 atom stereocenters. The predicted molar refractivity (Wildman–Crippen MR) is 73.6 cm³/mol. The smallest absolute Gasteiger partial charge is 0.722 e. The molecule has 0 bridgehead atoms. The van der Waals surface area contributed by atoms with E-state index in [-0.39, 0.29) is 21.1 Å². The van der Waals surface area contributed by atoms with Gasteiger partial charge in [0.05, 0.1) is 0 Å². The molecule has 0 saturated carbocycles. The summed E-state index contributed by atoms with van der Waals surface area (Å²) in [7, 11) is -34.6. The standard InChI is InChI=1S/Mo.4HO6PS/c;4*1-7(2)6-8(3,4)5/h;4*(H,3,4,5)/q+4;;;;/p-4. The average Bonchev–Trinajstić information content (AvgIpc) is 2.26. The van der Waals surface area contributed by atoms with Gasteiger partial charge in [0, 0.05) is 0 Å². The van der Waals surface area contributed by atoms with E-state index in [4.69, 9.17) is 0 Å². The van der Waals surface area contributed by atoms with E-state index in [9.17, 15) is 89.7 Å². The van der Waals surface area contributed by atoms with E-state index in [0.717, 1.165) is 0 Å². The first kappa shape index (κ1) is 43.5. The van der Waals surface area contributed by atoms with Crippen LogP contribution in [0.1, 0.15) is 0 Å². The van der Waals surface area contributed by atoms with E-state index in [0.29, 0.717) is 0 Å². The molecule has 0 fully saturated rings. The first-order valence-corrected chi connectivity index (χ1v) is 14.6. The molecule has 0 aromatic carbocycles. The molecule has 0 rings (SSSR count). The third-order valence-electron chi connectivity index (χ3n) is 0.609. The van der Waals surface area contributed by atoms with E-state index in [2.05, 4.69) is 15.9 Å². The largest absolute Gasteiger partial charge is 4.00 e. The molecule has 0 radical (unpaired) electrons. The van der Waals surface area contributed by atoms with E-state index in [1.54, 1.807) is 0 Å². The summed E-state index contributed by atoms with van der Waals surface area (Å²) in [5.41, 5.74) is 0. The molecule has 0 N–H and O–H groups in total. The second-order valence-electron chi connectivity index (χ2n) is 2.83. The molecule has 24 nitrogen and oxygen atoms in total. The van der Waals surface area contributed by atoms with Crippen molar-refractivity contribution in [2.24, 2.45) is 0 Å². The molecule has 0 aliphatic heterocycles. The Labute approximate surface area is 200 Å². The van der Waals surface area contributed by atoms with Crippen LogP contribution in [0, 0.1) is 0 Å². The number of rotatable bonds is 8. The van der Waals surface area contributed by atoms with Gasteiger partial charge in [0.25, 0.3) is 41.6 Å². The van der Waals surface area contributed by atoms with Gasteiger partial charge in [-0.3, -0.25) is 0 Å². The Kier molecular flexibility index (Phi) is 25.8. The fraction of sp³-hybridized carbons (Fsp3) is 0. The fourth-order valence-electron chi connectivity index (χ4n) is 0.298. The maximum Gasteiger partial charge on any atom is 4.00 e. The molecule has 4 unspecified atom stereocenters. The Hall–Kier alpha value is 0.408. The Morgan fingerprint density at radius 2 is 0.485 bits per heavy atom. The summed E-state index contributed by atoms with van der Waals surface area (Å²) in [5, 5.41) is 0. The maximum absolute atomic E-state index is 9.28. The molecule has 0 amide bonds. The normalized spacial score (nSPS) is 13.1. The monoisotopic (exact) mass is 734 g/mol. The van der Waals surface area contributed by atoms with E-state index < -0.39 is 74.6 Å². The predicted octanol–water partition coefficient (Wildman–Crippen LogP) is -6.08. The summed E-state index contributed by atoms with van der Waals surface area (Å²) in [6.45, 7) is 0. The zero-order chi connectivity index (χ0) is 27.1. The number of hydrogen-bond acceptors (Lipinski definition) is 24. The molecular weight excluding hydrogens is 732 g/mol. The van der Waals surface area contributed by atoms with Crippen molar-refractivity contribution in [2.75, 3.05) is 0 Å². The SMILES string of the molecule is O=[P+]([O-])OS(=O)(=O)[O-].O=[P+]([O-])OS(=O)(=O)[O-].O=[P+]([O-])OS(=O)(=O)[O-].O=[P+]([O-])OS(=O)(=O)[O-].[Mo+4]. The third-order valence-corrected chi connectivity index (χ3v) is 5.48. The molecule has 0 heterocycles. The van der Waals surface area contributed by atoms with E-state index in [1.165, 1.54) is 0 Å². The van der Waals surface area contributed by atoms with Gasteiger partial charge in [-0.15, -0.1) is 0 Å². The maximum atomic E-state index is 9.28. The summed E-state index contributed by atoms with van der Waals surface area (Å²) in [5.74, 6) is 0. The quantitative estimate of drug-likeness (QED) is 0.0969. The van der Waals surface area contributed by atoms with Crippen LogP contribution in [0.4, 0.5) is 0 Å². The average molecular weight is 732 g/mol. The summed E-state index contributed by atoms with van der Waals surface area (Å²) >= 11 is 0. The van der Waals surface area contributed by atoms with Crippen LogP contribution in [0.15, 0.2) is 0 Å². The van der Waals surface area contributed by atoms with Crippen molar-refractivity contribution in [3.63, 3.8) is 0 Å². The zero-order valence-electron chi connectivity index (χ0n) is 13.6. The van der Waals surface area contributed by atoms with Gasteiger partial charge in [0.1, 0.15) is 0 Å². The van der Waals surface area contributed by atoms with Gasteiger partial charge in [-0.05, 0) is 34.1 Å². The summed E-state index contributed by atoms with van der Waals surface area (Å²) in [6.07, 6.45) is 0. The van der Waals surface area contributed by atoms with Crippen molar-refractivity contribution < 1.29 is 127 Å². The molecule has 0 spiro atoms. The molecule has 33 heteroatoms. The van der Waals surface area contributed by atoms with Crippen LogP contribution in [0.3, 0.4) is 0 Å². The van der Waals surface area contributed by atoms with Gasteiger partial charge >= 0.3 is 54.1 Å². The fourth-order valence-corrected chi connectivity index (χ4v) is 2.68. The summed E-state index contributed by atoms with van der Waals surface area (Å²) in [4.78, 5) is 37.0. The zero-order valence-corrected chi connectivity index (χ0v) is 22.5.